The fraction of sp³-hybridized carbons (Fsp3) is 0.556. The van der Waals surface area contributed by atoms with Crippen molar-refractivity contribution in [3.63, 3.8) is 0 Å². The molecule has 2 aliphatic rings. The third-order valence-electron chi connectivity index (χ3n) is 7.45. The van der Waals surface area contributed by atoms with E-state index in [4.69, 9.17) is 16.3 Å². The number of likely N-dealkylation sites (tertiary alicyclic amines) is 1. The van der Waals surface area contributed by atoms with Crippen LogP contribution in [0.25, 0.3) is 0 Å². The number of carbonyl (C=O) groups is 2. The number of aromatic nitrogens is 2. The first-order chi connectivity index (χ1) is 17.1. The highest BCUT2D eigenvalue weighted by Crippen LogP contribution is 2.50. The zero-order valence-electron chi connectivity index (χ0n) is 21.3. The average molecular weight is 515 g/mol. The van der Waals surface area contributed by atoms with Crippen molar-refractivity contribution in [1.29, 1.82) is 0 Å². The fourth-order valence-electron chi connectivity index (χ4n) is 5.93. The van der Waals surface area contributed by atoms with E-state index in [0.717, 1.165) is 37.7 Å². The van der Waals surface area contributed by atoms with Gasteiger partial charge in [0.15, 0.2) is 0 Å². The fourth-order valence-corrected chi connectivity index (χ4v) is 6.11. The summed E-state index contributed by atoms with van der Waals surface area (Å²) < 4.78 is 5.27. The summed E-state index contributed by atoms with van der Waals surface area (Å²) in [5, 5.41) is 14.1. The number of hydrogen-bond acceptors (Lipinski definition) is 6. The first-order valence-corrected chi connectivity index (χ1v) is 12.9. The van der Waals surface area contributed by atoms with Crippen molar-refractivity contribution in [3.05, 3.63) is 47.1 Å². The molecule has 8 nitrogen and oxygen atoms in total. The number of nitrogens with one attached hydrogen (secondary N) is 1. The molecule has 1 aromatic carbocycles. The smallest absolute Gasteiger partial charge is 0.326 e. The predicted octanol–water partition coefficient (Wildman–Crippen LogP) is 5.20. The Balaban J connectivity index is 1.87. The van der Waals surface area contributed by atoms with Crippen molar-refractivity contribution in [2.75, 3.05) is 12.4 Å². The Kier molecular flexibility index (Phi) is 7.73. The molecule has 194 valence electrons. The number of halogens is 1. The zero-order chi connectivity index (χ0) is 26.0. The van der Waals surface area contributed by atoms with Gasteiger partial charge in [-0.2, -0.15) is 4.98 Å². The number of benzene rings is 1. The van der Waals surface area contributed by atoms with Crippen LogP contribution < -0.4 is 10.1 Å². The van der Waals surface area contributed by atoms with Crippen LogP contribution in [-0.4, -0.2) is 51.0 Å². The lowest BCUT2D eigenvalue weighted by molar-refractivity contribution is -0.154. The van der Waals surface area contributed by atoms with E-state index in [1.165, 1.54) is 13.2 Å². The molecule has 0 bridgehead atoms. The Hall–Kier alpha value is -2.87. The molecule has 1 aliphatic heterocycles. The zero-order valence-corrected chi connectivity index (χ0v) is 22.0. The van der Waals surface area contributed by atoms with Crippen molar-refractivity contribution in [2.45, 2.75) is 71.0 Å². The summed E-state index contributed by atoms with van der Waals surface area (Å²) in [4.78, 5) is 37.4. The molecule has 4 atom stereocenters. The van der Waals surface area contributed by atoms with Gasteiger partial charge in [-0.15, -0.1) is 0 Å². The van der Waals surface area contributed by atoms with Gasteiger partial charge in [-0.25, -0.2) is 9.78 Å². The Labute approximate surface area is 217 Å². The van der Waals surface area contributed by atoms with Gasteiger partial charge in [-0.05, 0) is 23.8 Å². The molecule has 2 aromatic rings. The molecule has 1 amide bonds. The van der Waals surface area contributed by atoms with Crippen molar-refractivity contribution >= 4 is 29.4 Å². The van der Waals surface area contributed by atoms with Crippen LogP contribution in [-0.2, 0) is 9.59 Å². The molecule has 4 unspecified atom stereocenters. The highest BCUT2D eigenvalue weighted by molar-refractivity contribution is 6.29. The Morgan fingerprint density at radius 1 is 1.11 bits per heavy atom. The minimum atomic E-state index is -1.01. The Morgan fingerprint density at radius 3 is 2.36 bits per heavy atom. The van der Waals surface area contributed by atoms with Crippen molar-refractivity contribution < 1.29 is 19.4 Å². The molecule has 2 heterocycles. The normalized spacial score (nSPS) is 25.0. The van der Waals surface area contributed by atoms with Gasteiger partial charge in [0.05, 0.1) is 19.2 Å². The Bertz CT molecular complexity index is 1080. The summed E-state index contributed by atoms with van der Waals surface area (Å²) in [6.45, 7) is 6.04. The van der Waals surface area contributed by atoms with Gasteiger partial charge in [0, 0.05) is 17.9 Å². The monoisotopic (exact) mass is 514 g/mol. The molecule has 2 fully saturated rings. The first-order valence-electron chi connectivity index (χ1n) is 12.6. The molecular weight excluding hydrogens is 480 g/mol. The van der Waals surface area contributed by atoms with E-state index in [0.29, 0.717) is 5.88 Å². The largest absolute Gasteiger partial charge is 0.481 e. The van der Waals surface area contributed by atoms with Crippen LogP contribution in [0, 0.1) is 17.3 Å². The lowest BCUT2D eigenvalue weighted by Crippen LogP contribution is -2.49. The molecule has 36 heavy (non-hydrogen) atoms. The quantitative estimate of drug-likeness (QED) is 0.510. The lowest BCUT2D eigenvalue weighted by atomic mass is 9.72. The summed E-state index contributed by atoms with van der Waals surface area (Å²) in [6.07, 6.45) is 4.65. The first kappa shape index (κ1) is 26.2. The third-order valence-corrected chi connectivity index (χ3v) is 7.64. The summed E-state index contributed by atoms with van der Waals surface area (Å²) in [6, 6.07) is 9.12. The lowest BCUT2D eigenvalue weighted by Gasteiger charge is -2.35. The van der Waals surface area contributed by atoms with E-state index in [1.54, 1.807) is 4.90 Å². The average Bonchev–Trinajstić information content (AvgIpc) is 3.19. The van der Waals surface area contributed by atoms with Crippen LogP contribution in [0.2, 0.25) is 5.15 Å². The van der Waals surface area contributed by atoms with Crippen molar-refractivity contribution in [2.24, 2.45) is 17.3 Å². The molecular formula is C27H35ClN4O4. The van der Waals surface area contributed by atoms with Crippen LogP contribution in [0.1, 0.15) is 64.5 Å². The molecule has 0 radical (unpaired) electrons. The standard InChI is InChI=1S/C27H35ClN4O4/c1-27(2,3)20-21(31-26-29-18(28)15-19(30-26)36-4)22(16-11-7-5-8-12-16)32(23(20)25(34)35)24(33)17-13-9-6-10-14-17/h5,7-8,11-12,15,17,20-23H,6,9-10,13-14H2,1-4H3,(H,34,35)(H,29,30,31). The van der Waals surface area contributed by atoms with Crippen LogP contribution in [0.15, 0.2) is 36.4 Å². The summed E-state index contributed by atoms with van der Waals surface area (Å²) >= 11 is 6.22. The minimum Gasteiger partial charge on any atom is -0.481 e. The second-order valence-corrected chi connectivity index (χ2v) is 11.2. The van der Waals surface area contributed by atoms with E-state index >= 15 is 0 Å². The van der Waals surface area contributed by atoms with E-state index in [1.807, 2.05) is 51.1 Å². The van der Waals surface area contributed by atoms with Gasteiger partial charge in [-0.1, -0.05) is 82.0 Å². The molecule has 1 aromatic heterocycles. The molecule has 9 heteroatoms. The van der Waals surface area contributed by atoms with Crippen molar-refractivity contribution in [3.8, 4) is 5.88 Å². The number of ether oxygens (including phenoxy) is 1. The molecule has 4 rings (SSSR count). The molecule has 2 N–H and O–H groups in total. The number of carbonyl (C=O) groups excluding carboxylic acids is 1. The number of amides is 1. The van der Waals surface area contributed by atoms with Crippen LogP contribution in [0.4, 0.5) is 5.95 Å². The SMILES string of the molecule is COc1cc(Cl)nc(NC2C(c3ccccc3)N(C(=O)C3CCCCC3)C(C(=O)O)C2C(C)(C)C)n1. The minimum absolute atomic E-state index is 0.0842. The van der Waals surface area contributed by atoms with Crippen molar-refractivity contribution in [1.82, 2.24) is 14.9 Å². The van der Waals surface area contributed by atoms with Gasteiger partial charge in [0.25, 0.3) is 0 Å². The summed E-state index contributed by atoms with van der Waals surface area (Å²) in [5.41, 5.74) is 0.407. The van der Waals surface area contributed by atoms with Crippen LogP contribution in [0.5, 0.6) is 5.88 Å². The Morgan fingerprint density at radius 2 is 1.78 bits per heavy atom. The molecule has 1 aliphatic carbocycles. The number of rotatable bonds is 6. The van der Waals surface area contributed by atoms with Gasteiger partial charge in [0.1, 0.15) is 11.2 Å². The number of aliphatic carboxylic acids is 1. The van der Waals surface area contributed by atoms with Crippen LogP contribution in [0.3, 0.4) is 0 Å². The number of carboxylic acids is 1. The number of methoxy groups -OCH3 is 1. The number of hydrogen-bond donors (Lipinski definition) is 2. The van der Waals surface area contributed by atoms with Gasteiger partial charge >= 0.3 is 5.97 Å². The summed E-state index contributed by atoms with van der Waals surface area (Å²) in [7, 11) is 1.49. The predicted molar refractivity (Wildman–Crippen MR) is 138 cm³/mol. The second kappa shape index (κ2) is 10.6. The van der Waals surface area contributed by atoms with Gasteiger partial charge in [-0.3, -0.25) is 4.79 Å². The van der Waals surface area contributed by atoms with E-state index in [-0.39, 0.29) is 22.9 Å². The van der Waals surface area contributed by atoms with Gasteiger partial charge in [0.2, 0.25) is 17.7 Å². The van der Waals surface area contributed by atoms with E-state index < -0.39 is 35.4 Å². The third kappa shape index (κ3) is 5.28. The number of anilines is 1. The number of carboxylic acid groups (broad SMARTS) is 1. The maximum atomic E-state index is 14.1. The molecule has 1 saturated carbocycles. The molecule has 0 spiro atoms. The summed E-state index contributed by atoms with van der Waals surface area (Å²) in [5.74, 6) is -1.18. The van der Waals surface area contributed by atoms with Gasteiger partial charge < -0.3 is 20.1 Å². The highest BCUT2D eigenvalue weighted by atomic mass is 35.5. The maximum absolute atomic E-state index is 14.1. The highest BCUT2D eigenvalue weighted by Gasteiger charge is 2.58. The van der Waals surface area contributed by atoms with Crippen LogP contribution >= 0.6 is 11.6 Å². The maximum Gasteiger partial charge on any atom is 0.326 e. The second-order valence-electron chi connectivity index (χ2n) is 10.8. The topological polar surface area (TPSA) is 105 Å². The number of nitrogens with zero attached hydrogens (tertiary/aromatic N) is 3. The molecule has 1 saturated heterocycles. The van der Waals surface area contributed by atoms with E-state index in [9.17, 15) is 14.7 Å². The van der Waals surface area contributed by atoms with E-state index in [2.05, 4.69) is 15.3 Å².